The summed E-state index contributed by atoms with van der Waals surface area (Å²) >= 11 is 0. The summed E-state index contributed by atoms with van der Waals surface area (Å²) in [4.78, 5) is 23.2. The molecule has 2 aromatic rings. The molecule has 6 nitrogen and oxygen atoms in total. The van der Waals surface area contributed by atoms with Gasteiger partial charge in [0.05, 0.1) is 11.9 Å². The van der Waals surface area contributed by atoms with Crippen molar-refractivity contribution in [1.29, 1.82) is 0 Å². The Morgan fingerprint density at radius 3 is 2.37 bits per heavy atom. The van der Waals surface area contributed by atoms with Crippen LogP contribution in [0, 0.1) is 0 Å². The highest BCUT2D eigenvalue weighted by Crippen LogP contribution is 2.14. The monoisotopic (exact) mass is 258 g/mol. The number of rotatable bonds is 3. The van der Waals surface area contributed by atoms with E-state index in [0.717, 1.165) is 0 Å². The first-order valence-electron chi connectivity index (χ1n) is 5.69. The minimum Gasteiger partial charge on any atom is -0.396 e. The number of anilines is 2. The number of ketones is 1. The maximum atomic E-state index is 12.0. The Morgan fingerprint density at radius 2 is 1.89 bits per heavy atom. The third-order valence-electron chi connectivity index (χ3n) is 2.73. The molecule has 0 saturated carbocycles. The Morgan fingerprint density at radius 1 is 1.26 bits per heavy atom. The summed E-state index contributed by atoms with van der Waals surface area (Å²) in [5.41, 5.74) is 7.48. The molecule has 19 heavy (non-hydrogen) atoms. The van der Waals surface area contributed by atoms with Crippen LogP contribution in [-0.4, -0.2) is 21.5 Å². The SMILES string of the molecule is CC(=O)c1ccc(NC(=O)c2c(N)cnn2C)cc1. The second-order valence-corrected chi connectivity index (χ2v) is 4.16. The molecule has 0 spiro atoms. The molecule has 0 aliphatic heterocycles. The minimum atomic E-state index is -0.340. The molecular formula is C13H14N4O2. The van der Waals surface area contributed by atoms with E-state index in [1.807, 2.05) is 0 Å². The molecule has 3 N–H and O–H groups in total. The van der Waals surface area contributed by atoms with Crippen LogP contribution >= 0.6 is 0 Å². The van der Waals surface area contributed by atoms with E-state index < -0.39 is 0 Å². The fourth-order valence-corrected chi connectivity index (χ4v) is 1.71. The summed E-state index contributed by atoms with van der Waals surface area (Å²) in [6.45, 7) is 1.49. The van der Waals surface area contributed by atoms with Crippen LogP contribution in [0.5, 0.6) is 0 Å². The van der Waals surface area contributed by atoms with Gasteiger partial charge in [-0.15, -0.1) is 0 Å². The van der Waals surface area contributed by atoms with Gasteiger partial charge in [-0.2, -0.15) is 5.10 Å². The standard InChI is InChI=1S/C13H14N4O2/c1-8(18)9-3-5-10(6-4-9)16-13(19)12-11(14)7-15-17(12)2/h3-7H,14H2,1-2H3,(H,16,19). The van der Waals surface area contributed by atoms with Crippen molar-refractivity contribution in [2.75, 3.05) is 11.1 Å². The molecule has 0 unspecified atom stereocenters. The van der Waals surface area contributed by atoms with E-state index >= 15 is 0 Å². The summed E-state index contributed by atoms with van der Waals surface area (Å²) in [5.74, 6) is -0.359. The van der Waals surface area contributed by atoms with Crippen LogP contribution in [0.1, 0.15) is 27.8 Å². The van der Waals surface area contributed by atoms with Gasteiger partial charge < -0.3 is 11.1 Å². The topological polar surface area (TPSA) is 90.0 Å². The van der Waals surface area contributed by atoms with Crippen LogP contribution in [0.2, 0.25) is 0 Å². The molecule has 1 aromatic carbocycles. The number of nitrogens with zero attached hydrogens (tertiary/aromatic N) is 2. The van der Waals surface area contributed by atoms with Gasteiger partial charge in [-0.3, -0.25) is 14.3 Å². The number of carbonyl (C=O) groups excluding carboxylic acids is 2. The molecular weight excluding hydrogens is 244 g/mol. The highest BCUT2D eigenvalue weighted by Gasteiger charge is 2.14. The third kappa shape index (κ3) is 2.62. The Kier molecular flexibility index (Phi) is 3.33. The van der Waals surface area contributed by atoms with E-state index in [-0.39, 0.29) is 11.7 Å². The number of nitrogens with one attached hydrogen (secondary N) is 1. The minimum absolute atomic E-state index is 0.0197. The number of benzene rings is 1. The lowest BCUT2D eigenvalue weighted by atomic mass is 10.1. The Hall–Kier alpha value is -2.63. The molecule has 0 atom stereocenters. The smallest absolute Gasteiger partial charge is 0.276 e. The van der Waals surface area contributed by atoms with Crippen molar-refractivity contribution in [1.82, 2.24) is 9.78 Å². The second kappa shape index (κ2) is 4.93. The molecule has 0 aliphatic rings. The van der Waals surface area contributed by atoms with E-state index in [9.17, 15) is 9.59 Å². The molecule has 1 heterocycles. The predicted molar refractivity (Wildman–Crippen MR) is 72.0 cm³/mol. The Balaban J connectivity index is 2.17. The van der Waals surface area contributed by atoms with Crippen LogP contribution in [0.15, 0.2) is 30.5 Å². The molecule has 0 bridgehead atoms. The second-order valence-electron chi connectivity index (χ2n) is 4.16. The van der Waals surface area contributed by atoms with Crippen molar-refractivity contribution >= 4 is 23.1 Å². The van der Waals surface area contributed by atoms with Gasteiger partial charge in [0.25, 0.3) is 5.91 Å². The number of carbonyl (C=O) groups is 2. The van der Waals surface area contributed by atoms with Crippen molar-refractivity contribution in [2.45, 2.75) is 6.92 Å². The van der Waals surface area contributed by atoms with Gasteiger partial charge in [-0.25, -0.2) is 0 Å². The van der Waals surface area contributed by atoms with Gasteiger partial charge in [0.2, 0.25) is 0 Å². The summed E-state index contributed by atoms with van der Waals surface area (Å²) in [6, 6.07) is 6.65. The van der Waals surface area contributed by atoms with Crippen molar-refractivity contribution in [2.24, 2.45) is 7.05 Å². The lowest BCUT2D eigenvalue weighted by molar-refractivity contribution is 0.101. The summed E-state index contributed by atoms with van der Waals surface area (Å²) < 4.78 is 1.41. The molecule has 0 fully saturated rings. The molecule has 98 valence electrons. The van der Waals surface area contributed by atoms with E-state index in [2.05, 4.69) is 10.4 Å². The van der Waals surface area contributed by atoms with Crippen molar-refractivity contribution in [3.05, 3.63) is 41.7 Å². The normalized spacial score (nSPS) is 10.2. The number of Topliss-reactive ketones (excluding diaryl/α,β-unsaturated/α-hetero) is 1. The number of hydrogen-bond acceptors (Lipinski definition) is 4. The van der Waals surface area contributed by atoms with Gasteiger partial charge in [-0.05, 0) is 31.2 Å². The van der Waals surface area contributed by atoms with E-state index in [0.29, 0.717) is 22.6 Å². The van der Waals surface area contributed by atoms with E-state index in [1.54, 1.807) is 31.3 Å². The van der Waals surface area contributed by atoms with Crippen LogP contribution < -0.4 is 11.1 Å². The van der Waals surface area contributed by atoms with Crippen LogP contribution in [-0.2, 0) is 7.05 Å². The zero-order valence-corrected chi connectivity index (χ0v) is 10.7. The van der Waals surface area contributed by atoms with Gasteiger partial charge in [0, 0.05) is 18.3 Å². The predicted octanol–water partition coefficient (Wildman–Crippen LogP) is 1.46. The molecule has 2 rings (SSSR count). The number of aryl methyl sites for hydroxylation is 1. The van der Waals surface area contributed by atoms with Crippen molar-refractivity contribution in [3.63, 3.8) is 0 Å². The molecule has 0 aliphatic carbocycles. The van der Waals surface area contributed by atoms with Crippen LogP contribution in [0.25, 0.3) is 0 Å². The van der Waals surface area contributed by atoms with Crippen molar-refractivity contribution < 1.29 is 9.59 Å². The fraction of sp³-hybridized carbons (Fsp3) is 0.154. The first-order chi connectivity index (χ1) is 8.99. The highest BCUT2D eigenvalue weighted by molar-refractivity contribution is 6.06. The molecule has 6 heteroatoms. The van der Waals surface area contributed by atoms with Gasteiger partial charge in [0.1, 0.15) is 5.69 Å². The Bertz CT molecular complexity index is 609. The van der Waals surface area contributed by atoms with Crippen LogP contribution in [0.4, 0.5) is 11.4 Å². The maximum Gasteiger partial charge on any atom is 0.276 e. The quantitative estimate of drug-likeness (QED) is 0.815. The van der Waals surface area contributed by atoms with Gasteiger partial charge in [-0.1, -0.05) is 0 Å². The zero-order valence-electron chi connectivity index (χ0n) is 10.7. The van der Waals surface area contributed by atoms with Crippen LogP contribution in [0.3, 0.4) is 0 Å². The molecule has 0 saturated heterocycles. The zero-order chi connectivity index (χ0) is 14.0. The number of nitrogens with two attached hydrogens (primary N) is 1. The van der Waals surface area contributed by atoms with Crippen molar-refractivity contribution in [3.8, 4) is 0 Å². The van der Waals surface area contributed by atoms with Gasteiger partial charge in [0.15, 0.2) is 5.78 Å². The molecule has 0 radical (unpaired) electrons. The average Bonchev–Trinajstić information content (AvgIpc) is 2.69. The fourth-order valence-electron chi connectivity index (χ4n) is 1.71. The van der Waals surface area contributed by atoms with Gasteiger partial charge >= 0.3 is 0 Å². The summed E-state index contributed by atoms with van der Waals surface area (Å²) in [6.07, 6.45) is 1.42. The highest BCUT2D eigenvalue weighted by atomic mass is 16.2. The summed E-state index contributed by atoms with van der Waals surface area (Å²) in [5, 5.41) is 6.60. The maximum absolute atomic E-state index is 12.0. The summed E-state index contributed by atoms with van der Waals surface area (Å²) in [7, 11) is 1.64. The average molecular weight is 258 g/mol. The number of nitrogen functional groups attached to an aromatic ring is 1. The third-order valence-corrected chi connectivity index (χ3v) is 2.73. The lowest BCUT2D eigenvalue weighted by Gasteiger charge is -2.06. The molecule has 1 amide bonds. The Labute approximate surface area is 110 Å². The number of aromatic nitrogens is 2. The first-order valence-corrected chi connectivity index (χ1v) is 5.69. The van der Waals surface area contributed by atoms with E-state index in [4.69, 9.17) is 5.73 Å². The number of amides is 1. The lowest BCUT2D eigenvalue weighted by Crippen LogP contribution is -2.17. The largest absolute Gasteiger partial charge is 0.396 e. The molecule has 1 aromatic heterocycles. The van der Waals surface area contributed by atoms with E-state index in [1.165, 1.54) is 17.8 Å². The number of hydrogen-bond donors (Lipinski definition) is 2. The first kappa shape index (κ1) is 12.8.